The van der Waals surface area contributed by atoms with Gasteiger partial charge in [-0.2, -0.15) is 0 Å². The molecule has 1 heterocycles. The van der Waals surface area contributed by atoms with Crippen LogP contribution in [0.5, 0.6) is 0 Å². The van der Waals surface area contributed by atoms with Gasteiger partial charge in [-0.05, 0) is 43.5 Å². The zero-order valence-corrected chi connectivity index (χ0v) is 18.5. The summed E-state index contributed by atoms with van der Waals surface area (Å²) in [5.74, 6) is 1.54. The smallest absolute Gasteiger partial charge is 0.338 e. The third-order valence-electron chi connectivity index (χ3n) is 5.44. The Morgan fingerprint density at radius 2 is 1.90 bits per heavy atom. The summed E-state index contributed by atoms with van der Waals surface area (Å²) in [6.45, 7) is 2.10. The number of aryl methyl sites for hydroxylation is 1. The number of thioether (sulfide) groups is 1. The molecule has 0 saturated heterocycles. The number of esters is 1. The topological polar surface area (TPSA) is 86.1 Å². The Morgan fingerprint density at radius 1 is 1.17 bits per heavy atom. The first-order valence-corrected chi connectivity index (χ1v) is 11.6. The number of nitrogens with one attached hydrogen (secondary N) is 1. The van der Waals surface area contributed by atoms with Gasteiger partial charge in [-0.1, -0.05) is 43.9 Å². The van der Waals surface area contributed by atoms with Crippen LogP contribution >= 0.6 is 11.8 Å². The van der Waals surface area contributed by atoms with Gasteiger partial charge in [0.25, 0.3) is 0 Å². The van der Waals surface area contributed by atoms with Gasteiger partial charge in [0.05, 0.1) is 17.9 Å². The van der Waals surface area contributed by atoms with Crippen molar-refractivity contribution in [3.05, 3.63) is 35.7 Å². The number of nitrogens with zero attached hydrogens (tertiary/aromatic N) is 3. The largest absolute Gasteiger partial charge is 0.462 e. The third kappa shape index (κ3) is 6.32. The fourth-order valence-corrected chi connectivity index (χ4v) is 4.46. The monoisotopic (exact) mass is 430 g/mol. The number of carbonyl (C=O) groups excluding carboxylic acids is 2. The molecule has 1 aliphatic carbocycles. The SMILES string of the molecule is CCOC(=O)c1ccc(NC(=O)CSc2nnc(CCC3CCCCC3)n2C)cc1. The van der Waals surface area contributed by atoms with E-state index in [1.807, 2.05) is 11.6 Å². The van der Waals surface area contributed by atoms with E-state index < -0.39 is 0 Å². The Hall–Kier alpha value is -2.35. The van der Waals surface area contributed by atoms with Crippen molar-refractivity contribution in [3.63, 3.8) is 0 Å². The van der Waals surface area contributed by atoms with Crippen LogP contribution < -0.4 is 5.32 Å². The van der Waals surface area contributed by atoms with Crippen molar-refractivity contribution in [2.75, 3.05) is 17.7 Å². The first kappa shape index (κ1) is 22.3. The van der Waals surface area contributed by atoms with E-state index in [2.05, 4.69) is 15.5 Å². The van der Waals surface area contributed by atoms with Gasteiger partial charge in [-0.25, -0.2) is 4.79 Å². The average Bonchev–Trinajstić information content (AvgIpc) is 3.11. The fourth-order valence-electron chi connectivity index (χ4n) is 3.73. The number of carbonyl (C=O) groups is 2. The molecule has 3 rings (SSSR count). The highest BCUT2D eigenvalue weighted by atomic mass is 32.2. The van der Waals surface area contributed by atoms with Crippen molar-refractivity contribution < 1.29 is 14.3 Å². The van der Waals surface area contributed by atoms with Crippen molar-refractivity contribution >= 4 is 29.3 Å². The number of ether oxygens (including phenoxy) is 1. The van der Waals surface area contributed by atoms with E-state index >= 15 is 0 Å². The Bertz CT molecular complexity index is 845. The Balaban J connectivity index is 1.45. The molecule has 0 bridgehead atoms. The molecule has 0 atom stereocenters. The summed E-state index contributed by atoms with van der Waals surface area (Å²) in [6, 6.07) is 6.67. The van der Waals surface area contributed by atoms with Gasteiger partial charge in [0.2, 0.25) is 5.91 Å². The zero-order valence-electron chi connectivity index (χ0n) is 17.7. The standard InChI is InChI=1S/C22H30N4O3S/c1-3-29-21(28)17-10-12-18(13-11-17)23-20(27)15-30-22-25-24-19(26(22)2)14-9-16-7-5-4-6-8-16/h10-13,16H,3-9,14-15H2,1-2H3,(H,23,27). The number of aromatic nitrogens is 3. The number of hydrogen-bond donors (Lipinski definition) is 1. The van der Waals surface area contributed by atoms with Crippen LogP contribution in [0.4, 0.5) is 5.69 Å². The van der Waals surface area contributed by atoms with Gasteiger partial charge in [0.15, 0.2) is 5.16 Å². The first-order chi connectivity index (χ1) is 14.6. The zero-order chi connectivity index (χ0) is 21.3. The number of hydrogen-bond acceptors (Lipinski definition) is 6. The summed E-state index contributed by atoms with van der Waals surface area (Å²) in [7, 11) is 1.96. The van der Waals surface area contributed by atoms with Crippen LogP contribution in [0, 0.1) is 5.92 Å². The summed E-state index contributed by atoms with van der Waals surface area (Å²) in [5.41, 5.74) is 1.10. The number of rotatable bonds is 9. The molecular formula is C22H30N4O3S. The Labute approximate surface area is 182 Å². The van der Waals surface area contributed by atoms with E-state index in [1.54, 1.807) is 31.2 Å². The van der Waals surface area contributed by atoms with Crippen LogP contribution in [0.3, 0.4) is 0 Å². The molecule has 8 heteroatoms. The van der Waals surface area contributed by atoms with Crippen LogP contribution in [0.2, 0.25) is 0 Å². The second-order valence-corrected chi connectivity index (χ2v) is 8.58. The van der Waals surface area contributed by atoms with Crippen LogP contribution in [-0.4, -0.2) is 39.0 Å². The van der Waals surface area contributed by atoms with Crippen molar-refractivity contribution in [3.8, 4) is 0 Å². The lowest BCUT2D eigenvalue weighted by molar-refractivity contribution is -0.113. The van der Waals surface area contributed by atoms with Crippen molar-refractivity contribution in [2.45, 2.75) is 57.0 Å². The van der Waals surface area contributed by atoms with Gasteiger partial charge in [0.1, 0.15) is 5.82 Å². The van der Waals surface area contributed by atoms with E-state index in [9.17, 15) is 9.59 Å². The van der Waals surface area contributed by atoms with Crippen LogP contribution in [0.25, 0.3) is 0 Å². The van der Waals surface area contributed by atoms with Crippen molar-refractivity contribution in [1.82, 2.24) is 14.8 Å². The van der Waals surface area contributed by atoms with Crippen LogP contribution in [0.15, 0.2) is 29.4 Å². The van der Waals surface area contributed by atoms with Crippen LogP contribution in [0.1, 0.15) is 61.6 Å². The molecule has 1 aromatic heterocycles. The lowest BCUT2D eigenvalue weighted by atomic mass is 9.86. The quantitative estimate of drug-likeness (QED) is 0.473. The van der Waals surface area contributed by atoms with E-state index in [-0.39, 0.29) is 17.6 Å². The van der Waals surface area contributed by atoms with Gasteiger partial charge in [-0.15, -0.1) is 10.2 Å². The van der Waals surface area contributed by atoms with Gasteiger partial charge < -0.3 is 14.6 Å². The minimum Gasteiger partial charge on any atom is -0.462 e. The van der Waals surface area contributed by atoms with Gasteiger partial charge >= 0.3 is 5.97 Å². The molecule has 1 amide bonds. The highest BCUT2D eigenvalue weighted by Gasteiger charge is 2.16. The Kier molecular flexibility index (Phi) is 8.30. The molecule has 1 N–H and O–H groups in total. The highest BCUT2D eigenvalue weighted by Crippen LogP contribution is 2.27. The summed E-state index contributed by atoms with van der Waals surface area (Å²) in [5, 5.41) is 12.2. The molecule has 1 aliphatic rings. The summed E-state index contributed by atoms with van der Waals surface area (Å²) < 4.78 is 6.95. The molecule has 0 spiro atoms. The maximum atomic E-state index is 12.3. The lowest BCUT2D eigenvalue weighted by Gasteiger charge is -2.20. The minimum atomic E-state index is -0.368. The molecule has 162 valence electrons. The van der Waals surface area contributed by atoms with E-state index in [1.165, 1.54) is 50.3 Å². The van der Waals surface area contributed by atoms with E-state index in [0.29, 0.717) is 17.9 Å². The lowest BCUT2D eigenvalue weighted by Crippen LogP contribution is -2.15. The van der Waals surface area contributed by atoms with E-state index in [0.717, 1.165) is 23.3 Å². The molecular weight excluding hydrogens is 400 g/mol. The van der Waals surface area contributed by atoms with Crippen molar-refractivity contribution in [1.29, 1.82) is 0 Å². The normalized spacial score (nSPS) is 14.5. The summed E-state index contributed by atoms with van der Waals surface area (Å²) >= 11 is 1.37. The fraction of sp³-hybridized carbons (Fsp3) is 0.545. The summed E-state index contributed by atoms with van der Waals surface area (Å²) in [6.07, 6.45) is 8.85. The molecule has 2 aromatic rings. The molecule has 0 radical (unpaired) electrons. The molecule has 0 aliphatic heterocycles. The molecule has 30 heavy (non-hydrogen) atoms. The molecule has 1 aromatic carbocycles. The minimum absolute atomic E-state index is 0.129. The number of anilines is 1. The molecule has 0 unspecified atom stereocenters. The molecule has 1 fully saturated rings. The predicted molar refractivity (Wildman–Crippen MR) is 118 cm³/mol. The van der Waals surface area contributed by atoms with Gasteiger partial charge in [0, 0.05) is 19.2 Å². The average molecular weight is 431 g/mol. The Morgan fingerprint density at radius 3 is 2.60 bits per heavy atom. The van der Waals surface area contributed by atoms with Crippen LogP contribution in [-0.2, 0) is 23.0 Å². The first-order valence-electron chi connectivity index (χ1n) is 10.6. The third-order valence-corrected chi connectivity index (χ3v) is 6.46. The maximum Gasteiger partial charge on any atom is 0.338 e. The van der Waals surface area contributed by atoms with Crippen molar-refractivity contribution in [2.24, 2.45) is 13.0 Å². The number of benzene rings is 1. The second kappa shape index (κ2) is 11.2. The van der Waals surface area contributed by atoms with E-state index in [4.69, 9.17) is 4.74 Å². The maximum absolute atomic E-state index is 12.3. The summed E-state index contributed by atoms with van der Waals surface area (Å²) in [4.78, 5) is 24.0. The van der Waals surface area contributed by atoms with Gasteiger partial charge in [-0.3, -0.25) is 4.79 Å². The molecule has 7 nitrogen and oxygen atoms in total. The number of amides is 1. The second-order valence-electron chi connectivity index (χ2n) is 7.64. The predicted octanol–water partition coefficient (Wildman–Crippen LogP) is 4.24. The highest BCUT2D eigenvalue weighted by molar-refractivity contribution is 7.99. The molecule has 1 saturated carbocycles.